The Labute approximate surface area is 128 Å². The highest BCUT2D eigenvalue weighted by Gasteiger charge is 2.24. The highest BCUT2D eigenvalue weighted by atomic mass is 16.5. The number of aromatic amines is 1. The van der Waals surface area contributed by atoms with Crippen LogP contribution in [-0.4, -0.2) is 42.5 Å². The van der Waals surface area contributed by atoms with E-state index in [4.69, 9.17) is 9.47 Å². The van der Waals surface area contributed by atoms with Crippen molar-refractivity contribution in [1.82, 2.24) is 15.5 Å². The average Bonchev–Trinajstić information content (AvgIpc) is 3.22. The molecule has 1 amide bonds. The van der Waals surface area contributed by atoms with Gasteiger partial charge in [-0.2, -0.15) is 5.10 Å². The van der Waals surface area contributed by atoms with Gasteiger partial charge in [0.05, 0.1) is 30.6 Å². The second kappa shape index (κ2) is 7.09. The molecular formula is C16H19N3O3. The van der Waals surface area contributed by atoms with E-state index in [0.717, 1.165) is 24.5 Å². The number of benzene rings is 1. The Bertz CT molecular complexity index is 606. The molecule has 1 aromatic heterocycles. The van der Waals surface area contributed by atoms with E-state index in [2.05, 4.69) is 15.5 Å². The van der Waals surface area contributed by atoms with Crippen molar-refractivity contribution in [2.24, 2.45) is 0 Å². The molecule has 6 heteroatoms. The molecule has 0 spiro atoms. The van der Waals surface area contributed by atoms with Crippen molar-refractivity contribution in [2.45, 2.75) is 12.3 Å². The molecular weight excluding hydrogens is 282 g/mol. The fourth-order valence-electron chi connectivity index (χ4n) is 2.50. The molecule has 2 aromatic rings. The molecule has 2 N–H and O–H groups in total. The third kappa shape index (κ3) is 3.46. The van der Waals surface area contributed by atoms with Crippen LogP contribution in [0.25, 0.3) is 0 Å². The van der Waals surface area contributed by atoms with Crippen molar-refractivity contribution in [3.8, 4) is 5.75 Å². The largest absolute Gasteiger partial charge is 0.492 e. The zero-order valence-electron chi connectivity index (χ0n) is 12.2. The molecule has 1 fully saturated rings. The maximum absolute atomic E-state index is 12.2. The van der Waals surface area contributed by atoms with E-state index >= 15 is 0 Å². The van der Waals surface area contributed by atoms with Crippen LogP contribution in [0, 0.1) is 0 Å². The van der Waals surface area contributed by atoms with Gasteiger partial charge in [-0.3, -0.25) is 9.89 Å². The fourth-order valence-corrected chi connectivity index (χ4v) is 2.50. The highest BCUT2D eigenvalue weighted by molar-refractivity contribution is 5.95. The Balaban J connectivity index is 1.49. The van der Waals surface area contributed by atoms with Crippen LogP contribution in [0.4, 0.5) is 0 Å². The average molecular weight is 301 g/mol. The topological polar surface area (TPSA) is 76.2 Å². The van der Waals surface area contributed by atoms with Crippen LogP contribution >= 0.6 is 0 Å². The minimum atomic E-state index is -0.132. The SMILES string of the molecule is O=C(NCCOc1ccccc1)c1cn[nH]c1[C@@H]1CCOC1. The van der Waals surface area contributed by atoms with E-state index in [-0.39, 0.29) is 11.8 Å². The summed E-state index contributed by atoms with van der Waals surface area (Å²) in [4.78, 5) is 12.2. The summed E-state index contributed by atoms with van der Waals surface area (Å²) in [7, 11) is 0. The Hall–Kier alpha value is -2.34. The Morgan fingerprint density at radius 3 is 3.05 bits per heavy atom. The van der Waals surface area contributed by atoms with E-state index in [1.54, 1.807) is 6.20 Å². The summed E-state index contributed by atoms with van der Waals surface area (Å²) in [6.45, 7) is 2.24. The summed E-state index contributed by atoms with van der Waals surface area (Å²) in [5.74, 6) is 0.889. The highest BCUT2D eigenvalue weighted by Crippen LogP contribution is 2.25. The van der Waals surface area contributed by atoms with E-state index < -0.39 is 0 Å². The minimum Gasteiger partial charge on any atom is -0.492 e. The first-order valence-electron chi connectivity index (χ1n) is 7.41. The predicted molar refractivity (Wildman–Crippen MR) is 81.0 cm³/mol. The number of amides is 1. The molecule has 1 aliphatic rings. The van der Waals surface area contributed by atoms with Gasteiger partial charge in [-0.25, -0.2) is 0 Å². The van der Waals surface area contributed by atoms with Crippen LogP contribution in [0.15, 0.2) is 36.5 Å². The number of nitrogens with zero attached hydrogens (tertiary/aromatic N) is 1. The number of rotatable bonds is 6. The zero-order valence-corrected chi connectivity index (χ0v) is 12.2. The number of hydrogen-bond donors (Lipinski definition) is 2. The summed E-state index contributed by atoms with van der Waals surface area (Å²) in [6, 6.07) is 9.53. The molecule has 0 bridgehead atoms. The van der Waals surface area contributed by atoms with Gasteiger partial charge >= 0.3 is 0 Å². The van der Waals surface area contributed by atoms with Gasteiger partial charge in [0.25, 0.3) is 5.91 Å². The molecule has 1 aliphatic heterocycles. The number of para-hydroxylation sites is 1. The van der Waals surface area contributed by atoms with Crippen molar-refractivity contribution < 1.29 is 14.3 Å². The molecule has 1 saturated heterocycles. The van der Waals surface area contributed by atoms with E-state index in [1.165, 1.54) is 0 Å². The van der Waals surface area contributed by atoms with Gasteiger partial charge in [-0.1, -0.05) is 18.2 Å². The predicted octanol–water partition coefficient (Wildman–Crippen LogP) is 1.72. The molecule has 0 saturated carbocycles. The van der Waals surface area contributed by atoms with Crippen molar-refractivity contribution >= 4 is 5.91 Å². The smallest absolute Gasteiger partial charge is 0.254 e. The summed E-state index contributed by atoms with van der Waals surface area (Å²) < 4.78 is 10.9. The Kier molecular flexibility index (Phi) is 4.70. The van der Waals surface area contributed by atoms with Crippen LogP contribution in [-0.2, 0) is 4.74 Å². The fraction of sp³-hybridized carbons (Fsp3) is 0.375. The summed E-state index contributed by atoms with van der Waals surface area (Å²) in [5.41, 5.74) is 1.45. The second-order valence-corrected chi connectivity index (χ2v) is 5.18. The lowest BCUT2D eigenvalue weighted by Crippen LogP contribution is -2.28. The number of carbonyl (C=O) groups is 1. The maximum Gasteiger partial charge on any atom is 0.254 e. The van der Waals surface area contributed by atoms with Crippen LogP contribution in [0.3, 0.4) is 0 Å². The summed E-state index contributed by atoms with van der Waals surface area (Å²) >= 11 is 0. The second-order valence-electron chi connectivity index (χ2n) is 5.18. The number of H-pyrrole nitrogens is 1. The van der Waals surface area contributed by atoms with Crippen molar-refractivity contribution in [2.75, 3.05) is 26.4 Å². The van der Waals surface area contributed by atoms with Gasteiger partial charge in [0.15, 0.2) is 0 Å². The first kappa shape index (κ1) is 14.6. The van der Waals surface area contributed by atoms with Gasteiger partial charge in [-0.05, 0) is 18.6 Å². The molecule has 3 rings (SSSR count). The number of hydrogen-bond acceptors (Lipinski definition) is 4. The molecule has 116 valence electrons. The molecule has 6 nitrogen and oxygen atoms in total. The van der Waals surface area contributed by atoms with Gasteiger partial charge in [0.1, 0.15) is 12.4 Å². The first-order valence-corrected chi connectivity index (χ1v) is 7.41. The molecule has 0 radical (unpaired) electrons. The van der Waals surface area contributed by atoms with Gasteiger partial charge in [0.2, 0.25) is 0 Å². The lowest BCUT2D eigenvalue weighted by Gasteiger charge is -2.10. The number of nitrogens with one attached hydrogen (secondary N) is 2. The number of carbonyl (C=O) groups excluding carboxylic acids is 1. The van der Waals surface area contributed by atoms with Crippen molar-refractivity contribution in [3.63, 3.8) is 0 Å². The van der Waals surface area contributed by atoms with Crippen LogP contribution in [0.5, 0.6) is 5.75 Å². The van der Waals surface area contributed by atoms with Gasteiger partial charge in [-0.15, -0.1) is 0 Å². The monoisotopic (exact) mass is 301 g/mol. The van der Waals surface area contributed by atoms with Crippen LogP contribution in [0.2, 0.25) is 0 Å². The lowest BCUT2D eigenvalue weighted by molar-refractivity contribution is 0.0945. The van der Waals surface area contributed by atoms with Gasteiger partial charge in [0, 0.05) is 12.5 Å². The zero-order chi connectivity index (χ0) is 15.2. The third-order valence-electron chi connectivity index (χ3n) is 3.65. The lowest BCUT2D eigenvalue weighted by atomic mass is 10.0. The molecule has 1 atom stereocenters. The van der Waals surface area contributed by atoms with Crippen molar-refractivity contribution in [3.05, 3.63) is 47.8 Å². The first-order chi connectivity index (χ1) is 10.8. The minimum absolute atomic E-state index is 0.132. The Morgan fingerprint density at radius 2 is 2.27 bits per heavy atom. The van der Waals surface area contributed by atoms with E-state index in [0.29, 0.717) is 25.3 Å². The van der Waals surface area contributed by atoms with Crippen LogP contribution < -0.4 is 10.1 Å². The summed E-state index contributed by atoms with van der Waals surface area (Å²) in [5, 5.41) is 9.77. The summed E-state index contributed by atoms with van der Waals surface area (Å²) in [6.07, 6.45) is 2.49. The van der Waals surface area contributed by atoms with E-state index in [1.807, 2.05) is 30.3 Å². The quantitative estimate of drug-likeness (QED) is 0.797. The normalized spacial score (nSPS) is 17.4. The molecule has 2 heterocycles. The number of aromatic nitrogens is 2. The third-order valence-corrected chi connectivity index (χ3v) is 3.65. The molecule has 0 unspecified atom stereocenters. The van der Waals surface area contributed by atoms with Gasteiger partial charge < -0.3 is 14.8 Å². The van der Waals surface area contributed by atoms with E-state index in [9.17, 15) is 4.79 Å². The van der Waals surface area contributed by atoms with Crippen molar-refractivity contribution in [1.29, 1.82) is 0 Å². The maximum atomic E-state index is 12.2. The Morgan fingerprint density at radius 1 is 1.41 bits per heavy atom. The molecule has 1 aromatic carbocycles. The molecule has 22 heavy (non-hydrogen) atoms. The van der Waals surface area contributed by atoms with Crippen LogP contribution in [0.1, 0.15) is 28.4 Å². The molecule has 0 aliphatic carbocycles. The standard InChI is InChI=1S/C16H19N3O3/c20-16(17-7-9-22-13-4-2-1-3-5-13)14-10-18-19-15(14)12-6-8-21-11-12/h1-5,10,12H,6-9,11H2,(H,17,20)(H,18,19)/t12-/m1/s1. The number of ether oxygens (including phenoxy) is 2.